The largest absolute Gasteiger partial charge is 0.505 e. The summed E-state index contributed by atoms with van der Waals surface area (Å²) in [6.45, 7) is 2.32. The molecule has 0 unspecified atom stereocenters. The van der Waals surface area contributed by atoms with E-state index in [0.717, 1.165) is 18.4 Å². The maximum atomic E-state index is 13.4. The number of phenols is 1. The Balaban J connectivity index is 2.64. The zero-order valence-corrected chi connectivity index (χ0v) is 10.1. The van der Waals surface area contributed by atoms with Gasteiger partial charge in [0.25, 0.3) is 0 Å². The van der Waals surface area contributed by atoms with Gasteiger partial charge in [0.2, 0.25) is 0 Å². The molecule has 1 aromatic carbocycles. The van der Waals surface area contributed by atoms with Crippen molar-refractivity contribution in [3.05, 3.63) is 27.5 Å². The Morgan fingerprint density at radius 3 is 2.67 bits per heavy atom. The van der Waals surface area contributed by atoms with Crippen LogP contribution in [0.3, 0.4) is 0 Å². The van der Waals surface area contributed by atoms with Crippen LogP contribution in [-0.4, -0.2) is 11.7 Å². The van der Waals surface area contributed by atoms with E-state index in [0.29, 0.717) is 16.6 Å². The Morgan fingerprint density at radius 1 is 1.60 bits per heavy atom. The predicted octanol–water partition coefficient (Wildman–Crippen LogP) is 2.59. The zero-order chi connectivity index (χ0) is 11.2. The highest BCUT2D eigenvalue weighted by molar-refractivity contribution is 9.10. The minimum atomic E-state index is -0.581. The number of halogens is 2. The summed E-state index contributed by atoms with van der Waals surface area (Å²) in [5.74, 6) is -0.819. The van der Waals surface area contributed by atoms with Crippen LogP contribution in [0.2, 0.25) is 0 Å². The number of hydrogen-bond donors (Lipinski definition) is 2. The molecule has 2 nitrogen and oxygen atoms in total. The molecule has 1 aliphatic rings. The minimum Gasteiger partial charge on any atom is -0.505 e. The highest BCUT2D eigenvalue weighted by Gasteiger charge is 2.46. The Hall–Kier alpha value is -0.610. The van der Waals surface area contributed by atoms with Crippen LogP contribution in [0.5, 0.6) is 5.75 Å². The molecule has 2 rings (SSSR count). The van der Waals surface area contributed by atoms with Gasteiger partial charge < -0.3 is 10.8 Å². The van der Waals surface area contributed by atoms with Crippen LogP contribution >= 0.6 is 15.9 Å². The quantitative estimate of drug-likeness (QED) is 0.870. The lowest BCUT2D eigenvalue weighted by atomic mass is 9.91. The van der Waals surface area contributed by atoms with Crippen molar-refractivity contribution in [1.29, 1.82) is 0 Å². The van der Waals surface area contributed by atoms with E-state index in [2.05, 4.69) is 15.9 Å². The standard InChI is InChI=1S/C11H13BrFNO/c1-6-7(12)4-8(13)10(15)9(6)11(5-14)2-3-11/h4,15H,2-3,5,14H2,1H3. The third kappa shape index (κ3) is 1.56. The van der Waals surface area contributed by atoms with Crippen LogP contribution in [-0.2, 0) is 5.41 Å². The van der Waals surface area contributed by atoms with Gasteiger partial charge in [0.15, 0.2) is 11.6 Å². The summed E-state index contributed by atoms with van der Waals surface area (Å²) in [5, 5.41) is 9.76. The first-order valence-electron chi connectivity index (χ1n) is 4.90. The van der Waals surface area contributed by atoms with E-state index < -0.39 is 5.82 Å². The Labute approximate surface area is 96.4 Å². The molecule has 1 aromatic rings. The molecule has 0 saturated heterocycles. The van der Waals surface area contributed by atoms with E-state index in [1.54, 1.807) is 0 Å². The molecule has 0 heterocycles. The number of benzene rings is 1. The lowest BCUT2D eigenvalue weighted by molar-refractivity contribution is 0.417. The third-order valence-electron chi connectivity index (χ3n) is 3.22. The van der Waals surface area contributed by atoms with Gasteiger partial charge in [0.1, 0.15) is 0 Å². The number of nitrogens with two attached hydrogens (primary N) is 1. The first-order valence-corrected chi connectivity index (χ1v) is 5.69. The monoisotopic (exact) mass is 273 g/mol. The fraction of sp³-hybridized carbons (Fsp3) is 0.455. The predicted molar refractivity (Wildman–Crippen MR) is 60.5 cm³/mol. The lowest BCUT2D eigenvalue weighted by Gasteiger charge is -2.19. The molecule has 1 aliphatic carbocycles. The SMILES string of the molecule is Cc1c(Br)cc(F)c(O)c1C1(CN)CC1. The Morgan fingerprint density at radius 2 is 2.20 bits per heavy atom. The average Bonchev–Trinajstić information content (AvgIpc) is 2.96. The highest BCUT2D eigenvalue weighted by atomic mass is 79.9. The Kier molecular flexibility index (Phi) is 2.51. The van der Waals surface area contributed by atoms with E-state index in [1.807, 2.05) is 6.92 Å². The fourth-order valence-corrected chi connectivity index (χ4v) is 2.46. The molecule has 0 aromatic heterocycles. The van der Waals surface area contributed by atoms with Crippen LogP contribution in [0.4, 0.5) is 4.39 Å². The Bertz CT molecular complexity index is 389. The van der Waals surface area contributed by atoms with Crippen LogP contribution in [0.25, 0.3) is 0 Å². The van der Waals surface area contributed by atoms with Crippen molar-refractivity contribution in [2.45, 2.75) is 25.2 Å². The molecule has 0 spiro atoms. The average molecular weight is 274 g/mol. The van der Waals surface area contributed by atoms with Crippen molar-refractivity contribution in [3.63, 3.8) is 0 Å². The van der Waals surface area contributed by atoms with Crippen molar-refractivity contribution in [2.24, 2.45) is 5.73 Å². The normalized spacial score (nSPS) is 17.9. The summed E-state index contributed by atoms with van der Waals surface area (Å²) < 4.78 is 14.1. The maximum Gasteiger partial charge on any atom is 0.166 e. The molecule has 0 bridgehead atoms. The smallest absolute Gasteiger partial charge is 0.166 e. The summed E-state index contributed by atoms with van der Waals surface area (Å²) in [5.41, 5.74) is 7.06. The molecule has 0 radical (unpaired) electrons. The van der Waals surface area contributed by atoms with E-state index in [1.165, 1.54) is 6.07 Å². The van der Waals surface area contributed by atoms with Crippen LogP contribution in [0.15, 0.2) is 10.5 Å². The van der Waals surface area contributed by atoms with Crippen LogP contribution in [0.1, 0.15) is 24.0 Å². The fourth-order valence-electron chi connectivity index (χ4n) is 2.06. The maximum absolute atomic E-state index is 13.4. The van der Waals surface area contributed by atoms with Crippen molar-refractivity contribution < 1.29 is 9.50 Å². The topological polar surface area (TPSA) is 46.2 Å². The molecule has 3 N–H and O–H groups in total. The van der Waals surface area contributed by atoms with Crippen LogP contribution < -0.4 is 5.73 Å². The van der Waals surface area contributed by atoms with Crippen molar-refractivity contribution in [2.75, 3.05) is 6.54 Å². The number of aromatic hydroxyl groups is 1. The van der Waals surface area contributed by atoms with Crippen molar-refractivity contribution in [1.82, 2.24) is 0 Å². The van der Waals surface area contributed by atoms with Gasteiger partial charge >= 0.3 is 0 Å². The molecular formula is C11H13BrFNO. The lowest BCUT2D eigenvalue weighted by Crippen LogP contribution is -2.21. The second-order valence-electron chi connectivity index (χ2n) is 4.17. The third-order valence-corrected chi connectivity index (χ3v) is 4.05. The minimum absolute atomic E-state index is 0.196. The summed E-state index contributed by atoms with van der Waals surface area (Å²) in [6, 6.07) is 1.29. The summed E-state index contributed by atoms with van der Waals surface area (Å²) >= 11 is 3.29. The number of rotatable bonds is 2. The summed E-state index contributed by atoms with van der Waals surface area (Å²) in [7, 11) is 0. The van der Waals surface area contributed by atoms with Gasteiger partial charge in [0, 0.05) is 22.0 Å². The first-order chi connectivity index (χ1) is 7.02. The number of hydrogen-bond acceptors (Lipinski definition) is 2. The van der Waals surface area contributed by atoms with Crippen LogP contribution in [0, 0.1) is 12.7 Å². The molecule has 82 valence electrons. The molecule has 0 atom stereocenters. The van der Waals surface area contributed by atoms with Gasteiger partial charge in [-0.2, -0.15) is 0 Å². The van der Waals surface area contributed by atoms with Gasteiger partial charge in [-0.25, -0.2) is 4.39 Å². The van der Waals surface area contributed by atoms with Gasteiger partial charge in [-0.05, 0) is 31.4 Å². The van der Waals surface area contributed by atoms with Crippen molar-refractivity contribution >= 4 is 15.9 Å². The van der Waals surface area contributed by atoms with E-state index >= 15 is 0 Å². The highest BCUT2D eigenvalue weighted by Crippen LogP contribution is 2.53. The van der Waals surface area contributed by atoms with Gasteiger partial charge in [-0.15, -0.1) is 0 Å². The number of phenolic OH excluding ortho intramolecular Hbond substituents is 1. The van der Waals surface area contributed by atoms with Gasteiger partial charge in [0.05, 0.1) is 0 Å². The molecule has 0 aliphatic heterocycles. The second-order valence-corrected chi connectivity index (χ2v) is 5.03. The summed E-state index contributed by atoms with van der Waals surface area (Å²) in [4.78, 5) is 0. The zero-order valence-electron chi connectivity index (χ0n) is 8.48. The second kappa shape index (κ2) is 3.46. The molecule has 0 amide bonds. The van der Waals surface area contributed by atoms with E-state index in [9.17, 15) is 9.50 Å². The molecule has 4 heteroatoms. The first kappa shape index (κ1) is 10.9. The van der Waals surface area contributed by atoms with Gasteiger partial charge in [-0.1, -0.05) is 15.9 Å². The molecule has 1 saturated carbocycles. The van der Waals surface area contributed by atoms with Crippen molar-refractivity contribution in [3.8, 4) is 5.75 Å². The molecule has 1 fully saturated rings. The van der Waals surface area contributed by atoms with E-state index in [-0.39, 0.29) is 11.2 Å². The van der Waals surface area contributed by atoms with E-state index in [4.69, 9.17) is 5.73 Å². The summed E-state index contributed by atoms with van der Waals surface area (Å²) in [6.07, 6.45) is 1.85. The molecular weight excluding hydrogens is 261 g/mol. The van der Waals surface area contributed by atoms with Gasteiger partial charge in [-0.3, -0.25) is 0 Å². The molecule has 15 heavy (non-hydrogen) atoms.